The minimum absolute atomic E-state index is 0. The van der Waals surface area contributed by atoms with E-state index in [2.05, 4.69) is 32.7 Å². The van der Waals surface area contributed by atoms with Gasteiger partial charge in [-0.1, -0.05) is 23.9 Å². The lowest BCUT2D eigenvalue weighted by Gasteiger charge is -2.23. The molecule has 0 spiro atoms. The molecule has 0 saturated heterocycles. The Kier molecular flexibility index (Phi) is 8.70. The fourth-order valence-electron chi connectivity index (χ4n) is 1.78. The van der Waals surface area contributed by atoms with Crippen LogP contribution < -0.4 is 10.2 Å². The molecule has 2 rings (SSSR count). The zero-order valence-electron chi connectivity index (χ0n) is 11.8. The molecule has 0 saturated carbocycles. The molecule has 0 aliphatic rings. The van der Waals surface area contributed by atoms with E-state index in [1.165, 1.54) is 16.6 Å². The third-order valence-corrected chi connectivity index (χ3v) is 4.19. The molecule has 0 aromatic carbocycles. The monoisotopic (exact) mass is 434 g/mol. The zero-order chi connectivity index (χ0) is 14.2. The largest absolute Gasteiger partial charge is 0.363 e. The van der Waals surface area contributed by atoms with Gasteiger partial charge in [0, 0.05) is 24.2 Å². The van der Waals surface area contributed by atoms with E-state index in [0.29, 0.717) is 5.17 Å². The molecule has 0 fully saturated rings. The van der Waals surface area contributed by atoms with Crippen LogP contribution in [0.25, 0.3) is 0 Å². The predicted octanol–water partition coefficient (Wildman–Crippen LogP) is 3.66. The van der Waals surface area contributed by atoms with Crippen LogP contribution in [0.15, 0.2) is 41.9 Å². The summed E-state index contributed by atoms with van der Waals surface area (Å²) in [5.41, 5.74) is 0. The van der Waals surface area contributed by atoms with Crippen molar-refractivity contribution in [2.75, 3.05) is 24.2 Å². The first-order chi connectivity index (χ1) is 9.79. The molecule has 2 heterocycles. The third kappa shape index (κ3) is 6.23. The number of anilines is 1. The highest BCUT2D eigenvalue weighted by Gasteiger charge is 2.09. The van der Waals surface area contributed by atoms with Gasteiger partial charge in [-0.05, 0) is 29.8 Å². The van der Waals surface area contributed by atoms with Gasteiger partial charge in [0.15, 0.2) is 5.17 Å². The lowest BCUT2D eigenvalue weighted by atomic mass is 10.3. The highest BCUT2D eigenvalue weighted by molar-refractivity contribution is 14.0. The van der Waals surface area contributed by atoms with Crippen molar-refractivity contribution in [1.82, 2.24) is 10.3 Å². The Bertz CT molecular complexity index is 519. The molecule has 114 valence electrons. The molecular weight excluding hydrogens is 415 g/mol. The summed E-state index contributed by atoms with van der Waals surface area (Å²) in [5.74, 6) is 0.971. The summed E-state index contributed by atoms with van der Waals surface area (Å²) in [7, 11) is 0. The first-order valence-electron chi connectivity index (χ1n) is 6.34. The van der Waals surface area contributed by atoms with Crippen molar-refractivity contribution in [2.45, 2.75) is 6.54 Å². The standard InChI is InChI=1S/C14H18N4S2.HI/c1-19-14(15)17-8-9-18(11-12-5-4-10-20-12)13-6-2-3-7-16-13;/h2-7,10H,8-9,11H2,1H3,(H2,15,17);1H. The number of thioether (sulfide) groups is 1. The smallest absolute Gasteiger partial charge is 0.153 e. The van der Waals surface area contributed by atoms with Crippen molar-refractivity contribution < 1.29 is 0 Å². The number of rotatable bonds is 6. The lowest BCUT2D eigenvalue weighted by Crippen LogP contribution is -2.33. The van der Waals surface area contributed by atoms with Crippen LogP contribution in [0, 0.1) is 5.41 Å². The van der Waals surface area contributed by atoms with Gasteiger partial charge in [-0.3, -0.25) is 5.41 Å². The minimum atomic E-state index is 0. The van der Waals surface area contributed by atoms with Crippen molar-refractivity contribution in [1.29, 1.82) is 5.41 Å². The fourth-order valence-corrected chi connectivity index (χ4v) is 2.75. The number of pyridine rings is 1. The van der Waals surface area contributed by atoms with Crippen molar-refractivity contribution in [3.05, 3.63) is 46.8 Å². The zero-order valence-corrected chi connectivity index (χ0v) is 15.7. The van der Waals surface area contributed by atoms with Crippen molar-refractivity contribution in [3.63, 3.8) is 0 Å². The highest BCUT2D eigenvalue weighted by atomic mass is 127. The maximum atomic E-state index is 7.60. The van der Waals surface area contributed by atoms with Crippen LogP contribution in [0.3, 0.4) is 0 Å². The van der Waals surface area contributed by atoms with E-state index in [4.69, 9.17) is 5.41 Å². The molecule has 0 aliphatic carbocycles. The maximum absolute atomic E-state index is 7.60. The van der Waals surface area contributed by atoms with Gasteiger partial charge in [0.25, 0.3) is 0 Å². The number of hydrogen-bond donors (Lipinski definition) is 2. The Morgan fingerprint density at radius 2 is 2.24 bits per heavy atom. The minimum Gasteiger partial charge on any atom is -0.363 e. The van der Waals surface area contributed by atoms with E-state index in [1.807, 2.05) is 30.7 Å². The first kappa shape index (κ1) is 18.2. The SMILES string of the molecule is CSC(=N)NCCN(Cc1cccs1)c1ccccn1.I. The van der Waals surface area contributed by atoms with Crippen LogP contribution in [0.5, 0.6) is 0 Å². The number of nitrogens with zero attached hydrogens (tertiary/aromatic N) is 2. The maximum Gasteiger partial charge on any atom is 0.153 e. The Labute approximate surface area is 150 Å². The molecule has 0 aliphatic heterocycles. The topological polar surface area (TPSA) is 52.0 Å². The first-order valence-corrected chi connectivity index (χ1v) is 8.45. The second-order valence-electron chi connectivity index (χ2n) is 4.15. The van der Waals surface area contributed by atoms with E-state index in [0.717, 1.165) is 25.5 Å². The second-order valence-corrected chi connectivity index (χ2v) is 6.00. The van der Waals surface area contributed by atoms with Crippen LogP contribution in [0.4, 0.5) is 5.82 Å². The van der Waals surface area contributed by atoms with Crippen LogP contribution in [0.2, 0.25) is 0 Å². The summed E-state index contributed by atoms with van der Waals surface area (Å²) >= 11 is 3.17. The van der Waals surface area contributed by atoms with Gasteiger partial charge >= 0.3 is 0 Å². The molecule has 21 heavy (non-hydrogen) atoms. The molecule has 0 atom stereocenters. The molecule has 0 bridgehead atoms. The molecule has 0 radical (unpaired) electrons. The van der Waals surface area contributed by atoms with Gasteiger partial charge in [-0.25, -0.2) is 4.98 Å². The summed E-state index contributed by atoms with van der Waals surface area (Å²) in [6, 6.07) is 10.2. The van der Waals surface area contributed by atoms with Crippen molar-refractivity contribution >= 4 is 58.1 Å². The molecule has 0 amide bonds. The van der Waals surface area contributed by atoms with Crippen LogP contribution in [-0.4, -0.2) is 29.5 Å². The highest BCUT2D eigenvalue weighted by Crippen LogP contribution is 2.16. The number of amidine groups is 1. The van der Waals surface area contributed by atoms with Gasteiger partial charge in [0.05, 0.1) is 6.54 Å². The van der Waals surface area contributed by atoms with Crippen LogP contribution in [0.1, 0.15) is 4.88 Å². The van der Waals surface area contributed by atoms with Gasteiger partial charge in [0.2, 0.25) is 0 Å². The van der Waals surface area contributed by atoms with E-state index in [-0.39, 0.29) is 24.0 Å². The number of nitrogens with one attached hydrogen (secondary N) is 2. The number of aromatic nitrogens is 1. The van der Waals surface area contributed by atoms with Crippen molar-refractivity contribution in [2.24, 2.45) is 0 Å². The molecular formula is C14H19IN4S2. The van der Waals surface area contributed by atoms with E-state index in [1.54, 1.807) is 11.3 Å². The molecule has 0 unspecified atom stereocenters. The van der Waals surface area contributed by atoms with Crippen molar-refractivity contribution in [3.8, 4) is 0 Å². The lowest BCUT2D eigenvalue weighted by molar-refractivity contribution is 0.752. The van der Waals surface area contributed by atoms with E-state index < -0.39 is 0 Å². The summed E-state index contributed by atoms with van der Waals surface area (Å²) in [6.07, 6.45) is 3.71. The quantitative estimate of drug-likeness (QED) is 0.414. The molecule has 7 heteroatoms. The summed E-state index contributed by atoms with van der Waals surface area (Å²) in [5, 5.41) is 13.3. The third-order valence-electron chi connectivity index (χ3n) is 2.77. The summed E-state index contributed by atoms with van der Waals surface area (Å²) in [4.78, 5) is 7.97. The van der Waals surface area contributed by atoms with E-state index in [9.17, 15) is 0 Å². The number of thiophene rings is 1. The summed E-state index contributed by atoms with van der Waals surface area (Å²) in [6.45, 7) is 2.41. The fraction of sp³-hybridized carbons (Fsp3) is 0.286. The van der Waals surface area contributed by atoms with E-state index >= 15 is 0 Å². The molecule has 2 N–H and O–H groups in total. The normalized spacial score (nSPS) is 9.76. The molecule has 4 nitrogen and oxygen atoms in total. The van der Waals surface area contributed by atoms with Gasteiger partial charge < -0.3 is 10.2 Å². The number of hydrogen-bond acceptors (Lipinski definition) is 5. The van der Waals surface area contributed by atoms with Gasteiger partial charge in [0.1, 0.15) is 5.82 Å². The number of halogens is 1. The molecule has 2 aromatic heterocycles. The Morgan fingerprint density at radius 1 is 1.38 bits per heavy atom. The van der Waals surface area contributed by atoms with Gasteiger partial charge in [-0.2, -0.15) is 0 Å². The Balaban J connectivity index is 0.00000220. The molecule has 2 aromatic rings. The van der Waals surface area contributed by atoms with Gasteiger partial charge in [-0.15, -0.1) is 35.3 Å². The second kappa shape index (κ2) is 10.0. The predicted molar refractivity (Wildman–Crippen MR) is 104 cm³/mol. The Hall–Kier alpha value is -0.800. The van der Waals surface area contributed by atoms with Crippen LogP contribution in [-0.2, 0) is 6.54 Å². The Morgan fingerprint density at radius 3 is 2.86 bits per heavy atom. The summed E-state index contributed by atoms with van der Waals surface area (Å²) < 4.78 is 0. The average molecular weight is 434 g/mol. The average Bonchev–Trinajstić information content (AvgIpc) is 3.00. The van der Waals surface area contributed by atoms with Crippen LogP contribution >= 0.6 is 47.1 Å².